The lowest BCUT2D eigenvalue weighted by atomic mass is 9.85. The minimum atomic E-state index is -0.990. The average molecular weight is 514 g/mol. The van der Waals surface area contributed by atoms with Gasteiger partial charge < -0.3 is 24.8 Å². The molecule has 7 nitrogen and oxygen atoms in total. The number of amides is 1. The van der Waals surface area contributed by atoms with Crippen LogP contribution in [-0.2, 0) is 7.05 Å². The van der Waals surface area contributed by atoms with E-state index in [1.54, 1.807) is 19.2 Å². The molecule has 2 heterocycles. The SMILES string of the molecule is CC(N(C)C)C1(O)CN(C(=O)c2cn(C)c(=O)cc2Nc2ccc(I)cc2F)C1. The number of nitrogens with one attached hydrogen (secondary N) is 1. The maximum atomic E-state index is 14.3. The second-order valence-electron chi connectivity index (χ2n) is 7.70. The molecule has 3 rings (SSSR count). The van der Waals surface area contributed by atoms with Crippen molar-refractivity contribution < 1.29 is 14.3 Å². The van der Waals surface area contributed by atoms with Crippen molar-refractivity contribution in [3.8, 4) is 0 Å². The maximum absolute atomic E-state index is 14.3. The van der Waals surface area contributed by atoms with Gasteiger partial charge in [-0.15, -0.1) is 0 Å². The summed E-state index contributed by atoms with van der Waals surface area (Å²) in [5.74, 6) is -0.807. The van der Waals surface area contributed by atoms with Gasteiger partial charge in [-0.25, -0.2) is 4.39 Å². The average Bonchev–Trinajstić information content (AvgIpc) is 2.62. The molecule has 0 aliphatic carbocycles. The molecule has 1 aromatic heterocycles. The second kappa shape index (κ2) is 8.04. The molecule has 1 aliphatic heterocycles. The van der Waals surface area contributed by atoms with Crippen LogP contribution in [0.25, 0.3) is 0 Å². The van der Waals surface area contributed by atoms with Gasteiger partial charge in [-0.1, -0.05) is 0 Å². The van der Waals surface area contributed by atoms with E-state index >= 15 is 0 Å². The zero-order chi connectivity index (χ0) is 21.5. The molecule has 1 saturated heterocycles. The van der Waals surface area contributed by atoms with Crippen LogP contribution in [0.5, 0.6) is 0 Å². The van der Waals surface area contributed by atoms with E-state index in [4.69, 9.17) is 0 Å². The summed E-state index contributed by atoms with van der Waals surface area (Å²) < 4.78 is 16.3. The van der Waals surface area contributed by atoms with E-state index < -0.39 is 11.4 Å². The topological polar surface area (TPSA) is 77.8 Å². The Bertz CT molecular complexity index is 1000. The van der Waals surface area contributed by atoms with E-state index in [-0.39, 0.29) is 47.5 Å². The van der Waals surface area contributed by atoms with Crippen LogP contribution in [0.1, 0.15) is 17.3 Å². The summed E-state index contributed by atoms with van der Waals surface area (Å²) in [5, 5.41) is 13.6. The third-order valence-electron chi connectivity index (χ3n) is 5.43. The summed E-state index contributed by atoms with van der Waals surface area (Å²) in [6, 6.07) is 5.81. The predicted octanol–water partition coefficient (Wildman–Crippen LogP) is 2.01. The fourth-order valence-corrected chi connectivity index (χ4v) is 3.77. The molecule has 9 heteroatoms. The Labute approximate surface area is 182 Å². The van der Waals surface area contributed by atoms with Crippen molar-refractivity contribution in [3.63, 3.8) is 0 Å². The number of pyridine rings is 1. The highest BCUT2D eigenvalue weighted by Gasteiger charge is 2.48. The Hall–Kier alpha value is -1.98. The highest BCUT2D eigenvalue weighted by molar-refractivity contribution is 14.1. The number of likely N-dealkylation sites (tertiary alicyclic amines) is 1. The molecule has 1 fully saturated rings. The number of halogens is 2. The summed E-state index contributed by atoms with van der Waals surface area (Å²) in [4.78, 5) is 28.6. The van der Waals surface area contributed by atoms with Gasteiger partial charge in [0.25, 0.3) is 11.5 Å². The number of rotatable bonds is 5. The smallest absolute Gasteiger partial charge is 0.257 e. The van der Waals surface area contributed by atoms with Crippen LogP contribution in [0.3, 0.4) is 0 Å². The molecule has 2 aromatic rings. The van der Waals surface area contributed by atoms with E-state index in [0.29, 0.717) is 0 Å². The van der Waals surface area contributed by atoms with Gasteiger partial charge in [-0.2, -0.15) is 0 Å². The Balaban J connectivity index is 1.88. The summed E-state index contributed by atoms with van der Waals surface area (Å²) in [7, 11) is 5.30. The van der Waals surface area contributed by atoms with Crippen LogP contribution < -0.4 is 10.9 Å². The molecule has 1 aliphatic rings. The van der Waals surface area contributed by atoms with Gasteiger partial charge in [-0.3, -0.25) is 9.59 Å². The number of aliphatic hydroxyl groups is 1. The van der Waals surface area contributed by atoms with E-state index in [0.717, 1.165) is 3.57 Å². The number of carbonyl (C=O) groups is 1. The number of aromatic nitrogens is 1. The molecule has 1 aromatic carbocycles. The number of hydrogen-bond acceptors (Lipinski definition) is 5. The number of likely N-dealkylation sites (N-methyl/N-ethyl adjacent to an activating group) is 1. The van der Waals surface area contributed by atoms with Crippen molar-refractivity contribution in [2.24, 2.45) is 7.05 Å². The summed E-state index contributed by atoms with van der Waals surface area (Å²) in [6.07, 6.45) is 1.43. The number of anilines is 2. The van der Waals surface area contributed by atoms with Crippen molar-refractivity contribution in [1.82, 2.24) is 14.4 Å². The van der Waals surface area contributed by atoms with Crippen LogP contribution in [0.4, 0.5) is 15.8 Å². The number of hydrogen-bond donors (Lipinski definition) is 2. The molecule has 0 saturated carbocycles. The van der Waals surface area contributed by atoms with Gasteiger partial charge in [0.2, 0.25) is 0 Å². The Kier molecular flexibility index (Phi) is 6.02. The van der Waals surface area contributed by atoms with Crippen molar-refractivity contribution >= 4 is 39.9 Å². The van der Waals surface area contributed by atoms with Crippen molar-refractivity contribution in [2.75, 3.05) is 32.5 Å². The zero-order valence-electron chi connectivity index (χ0n) is 16.7. The maximum Gasteiger partial charge on any atom is 0.257 e. The zero-order valence-corrected chi connectivity index (χ0v) is 18.9. The molecule has 2 N–H and O–H groups in total. The van der Waals surface area contributed by atoms with Gasteiger partial charge in [0.1, 0.15) is 11.4 Å². The normalized spacial score (nSPS) is 16.5. The quantitative estimate of drug-likeness (QED) is 0.598. The number of benzene rings is 1. The van der Waals surface area contributed by atoms with E-state index in [9.17, 15) is 19.1 Å². The molecule has 1 atom stereocenters. The number of β-amino-alcohol motifs (C(OH)–C–C–N with tert-alkyl or cyclic N) is 1. The third-order valence-corrected chi connectivity index (χ3v) is 6.10. The highest BCUT2D eigenvalue weighted by atomic mass is 127. The Morgan fingerprint density at radius 3 is 2.55 bits per heavy atom. The molecule has 156 valence electrons. The second-order valence-corrected chi connectivity index (χ2v) is 8.95. The number of aryl methyl sites for hydroxylation is 1. The fraction of sp³-hybridized carbons (Fsp3) is 0.400. The van der Waals surface area contributed by atoms with E-state index in [2.05, 4.69) is 5.32 Å². The van der Waals surface area contributed by atoms with Crippen LogP contribution in [0.2, 0.25) is 0 Å². The fourth-order valence-electron chi connectivity index (χ4n) is 3.31. The van der Waals surface area contributed by atoms with Crippen LogP contribution in [0.15, 0.2) is 35.3 Å². The lowest BCUT2D eigenvalue weighted by molar-refractivity contribution is -0.120. The van der Waals surface area contributed by atoms with Crippen molar-refractivity contribution in [1.29, 1.82) is 0 Å². The van der Waals surface area contributed by atoms with E-state index in [1.165, 1.54) is 27.8 Å². The standard InChI is InChI=1S/C20H24FIN4O3/c1-12(24(2)3)20(29)10-26(11-20)19(28)14-9-25(4)18(27)8-17(14)23-16-6-5-13(22)7-15(16)21/h5-9,12,23,29H,10-11H2,1-4H3. The molecular weight excluding hydrogens is 490 g/mol. The molecular formula is C20H24FIN4O3. The largest absolute Gasteiger partial charge is 0.385 e. The van der Waals surface area contributed by atoms with Gasteiger partial charge >= 0.3 is 0 Å². The Morgan fingerprint density at radius 1 is 1.31 bits per heavy atom. The predicted molar refractivity (Wildman–Crippen MR) is 118 cm³/mol. The van der Waals surface area contributed by atoms with Gasteiger partial charge in [0, 0.05) is 28.9 Å². The van der Waals surface area contributed by atoms with Gasteiger partial charge in [-0.05, 0) is 61.8 Å². The first kappa shape index (κ1) is 21.7. The lowest BCUT2D eigenvalue weighted by Crippen LogP contribution is -2.70. The molecule has 0 radical (unpaired) electrons. The molecule has 29 heavy (non-hydrogen) atoms. The highest BCUT2D eigenvalue weighted by Crippen LogP contribution is 2.30. The summed E-state index contributed by atoms with van der Waals surface area (Å²) >= 11 is 2.01. The first-order chi connectivity index (χ1) is 13.5. The van der Waals surface area contributed by atoms with Gasteiger partial charge in [0.05, 0.1) is 30.0 Å². The Morgan fingerprint density at radius 2 is 1.97 bits per heavy atom. The third kappa shape index (κ3) is 4.31. The minimum absolute atomic E-state index is 0.120. The molecule has 1 unspecified atom stereocenters. The minimum Gasteiger partial charge on any atom is -0.385 e. The first-order valence-electron chi connectivity index (χ1n) is 9.12. The first-order valence-corrected chi connectivity index (χ1v) is 10.2. The summed E-state index contributed by atoms with van der Waals surface area (Å²) in [5.41, 5.74) is -0.667. The van der Waals surface area contributed by atoms with E-state index in [1.807, 2.05) is 48.5 Å². The monoisotopic (exact) mass is 514 g/mol. The van der Waals surface area contributed by atoms with Crippen LogP contribution in [0, 0.1) is 9.39 Å². The van der Waals surface area contributed by atoms with Crippen LogP contribution in [-0.4, -0.2) is 64.2 Å². The molecule has 1 amide bonds. The van der Waals surface area contributed by atoms with Crippen molar-refractivity contribution in [3.05, 3.63) is 55.8 Å². The van der Waals surface area contributed by atoms with Crippen molar-refractivity contribution in [2.45, 2.75) is 18.6 Å². The summed E-state index contributed by atoms with van der Waals surface area (Å²) in [6.45, 7) is 2.28. The molecule has 0 spiro atoms. The molecule has 0 bridgehead atoms. The number of nitrogens with zero attached hydrogens (tertiary/aromatic N) is 3. The van der Waals surface area contributed by atoms with Crippen LogP contribution >= 0.6 is 22.6 Å². The number of carbonyl (C=O) groups excluding carboxylic acids is 1. The lowest BCUT2D eigenvalue weighted by Gasteiger charge is -2.51. The van der Waals surface area contributed by atoms with Gasteiger partial charge in [0.15, 0.2) is 0 Å².